The van der Waals surface area contributed by atoms with Gasteiger partial charge in [-0.05, 0) is 25.0 Å². The van der Waals surface area contributed by atoms with E-state index >= 15 is 0 Å². The molecule has 0 aromatic carbocycles. The second-order valence-corrected chi connectivity index (χ2v) is 9.53. The second-order valence-electron chi connectivity index (χ2n) is 4.78. The highest BCUT2D eigenvalue weighted by Crippen LogP contribution is 2.15. The van der Waals surface area contributed by atoms with E-state index in [0.717, 1.165) is 23.1 Å². The number of hydrogen-bond acceptors (Lipinski definition) is 1. The monoisotopic (exact) mass is 219 g/mol. The van der Waals surface area contributed by atoms with Crippen LogP contribution >= 0.6 is 0 Å². The van der Waals surface area contributed by atoms with E-state index in [4.69, 9.17) is 0 Å². The highest BCUT2D eigenvalue weighted by atomic mass is 28.3. The molecule has 0 aliphatic rings. The van der Waals surface area contributed by atoms with Gasteiger partial charge in [0.2, 0.25) is 0 Å². The van der Waals surface area contributed by atoms with Crippen LogP contribution in [0.2, 0.25) is 19.6 Å². The zero-order valence-corrected chi connectivity index (χ0v) is 11.0. The SMILES string of the molecule is Cc1c(C#C[Si](C)(C)C)[nH]c(C=O)c1C. The lowest BCUT2D eigenvalue weighted by atomic mass is 10.1. The molecular formula is C12H17NOSi. The number of H-pyrrole nitrogens is 1. The summed E-state index contributed by atoms with van der Waals surface area (Å²) < 4.78 is 0. The number of aldehydes is 1. The maximum Gasteiger partial charge on any atom is 0.166 e. The minimum absolute atomic E-state index is 0.646. The summed E-state index contributed by atoms with van der Waals surface area (Å²) in [4.78, 5) is 13.8. The molecule has 15 heavy (non-hydrogen) atoms. The first-order valence-electron chi connectivity index (χ1n) is 5.02. The van der Waals surface area contributed by atoms with Crippen molar-refractivity contribution in [1.82, 2.24) is 4.98 Å². The normalized spacial score (nSPS) is 10.7. The van der Waals surface area contributed by atoms with Crippen molar-refractivity contribution in [3.8, 4) is 11.5 Å². The van der Waals surface area contributed by atoms with Crippen LogP contribution in [-0.4, -0.2) is 19.3 Å². The van der Waals surface area contributed by atoms with Gasteiger partial charge in [0.1, 0.15) is 8.07 Å². The maximum absolute atomic E-state index is 10.7. The van der Waals surface area contributed by atoms with E-state index < -0.39 is 8.07 Å². The fraction of sp³-hybridized carbons (Fsp3) is 0.417. The summed E-state index contributed by atoms with van der Waals surface area (Å²) in [5.74, 6) is 3.15. The lowest BCUT2D eigenvalue weighted by Gasteiger charge is -2.02. The van der Waals surface area contributed by atoms with Crippen molar-refractivity contribution in [3.63, 3.8) is 0 Å². The molecule has 0 saturated heterocycles. The van der Waals surface area contributed by atoms with Gasteiger partial charge in [-0.15, -0.1) is 5.54 Å². The zero-order valence-electron chi connectivity index (χ0n) is 9.99. The first kappa shape index (κ1) is 11.8. The second kappa shape index (κ2) is 4.07. The lowest BCUT2D eigenvalue weighted by Crippen LogP contribution is -2.16. The molecule has 0 fully saturated rings. The van der Waals surface area contributed by atoms with E-state index in [-0.39, 0.29) is 0 Å². The molecule has 2 nitrogen and oxygen atoms in total. The van der Waals surface area contributed by atoms with Crippen LogP contribution < -0.4 is 0 Å². The van der Waals surface area contributed by atoms with Gasteiger partial charge in [-0.3, -0.25) is 4.79 Å². The average molecular weight is 219 g/mol. The van der Waals surface area contributed by atoms with Crippen molar-refractivity contribution in [1.29, 1.82) is 0 Å². The highest BCUT2D eigenvalue weighted by Gasteiger charge is 2.10. The van der Waals surface area contributed by atoms with E-state index in [0.29, 0.717) is 5.69 Å². The van der Waals surface area contributed by atoms with Crippen molar-refractivity contribution in [3.05, 3.63) is 22.5 Å². The fourth-order valence-electron chi connectivity index (χ4n) is 1.20. The van der Waals surface area contributed by atoms with Gasteiger partial charge < -0.3 is 4.98 Å². The summed E-state index contributed by atoms with van der Waals surface area (Å²) in [5.41, 5.74) is 6.91. The number of aromatic nitrogens is 1. The molecule has 1 aromatic rings. The predicted molar refractivity (Wildman–Crippen MR) is 65.9 cm³/mol. The Morgan fingerprint density at radius 1 is 1.20 bits per heavy atom. The van der Waals surface area contributed by atoms with Crippen molar-refractivity contribution in [2.24, 2.45) is 0 Å². The Morgan fingerprint density at radius 3 is 2.20 bits per heavy atom. The number of hydrogen-bond donors (Lipinski definition) is 1. The molecule has 0 bridgehead atoms. The van der Waals surface area contributed by atoms with Crippen LogP contribution in [0.5, 0.6) is 0 Å². The number of rotatable bonds is 1. The van der Waals surface area contributed by atoms with E-state index in [9.17, 15) is 4.79 Å². The Balaban J connectivity index is 3.16. The van der Waals surface area contributed by atoms with Crippen LogP contribution in [-0.2, 0) is 0 Å². The van der Waals surface area contributed by atoms with Gasteiger partial charge in [-0.2, -0.15) is 0 Å². The molecule has 0 saturated carbocycles. The van der Waals surface area contributed by atoms with Gasteiger partial charge in [0.15, 0.2) is 6.29 Å². The molecule has 0 atom stereocenters. The molecule has 1 N–H and O–H groups in total. The summed E-state index contributed by atoms with van der Waals surface area (Å²) >= 11 is 0. The van der Waals surface area contributed by atoms with Gasteiger partial charge >= 0.3 is 0 Å². The largest absolute Gasteiger partial charge is 0.345 e. The van der Waals surface area contributed by atoms with Gasteiger partial charge in [-0.25, -0.2) is 0 Å². The quantitative estimate of drug-likeness (QED) is 0.440. The summed E-state index contributed by atoms with van der Waals surface area (Å²) in [5, 5.41) is 0. The highest BCUT2D eigenvalue weighted by molar-refractivity contribution is 6.83. The van der Waals surface area contributed by atoms with E-state index in [1.165, 1.54) is 0 Å². The molecule has 0 radical (unpaired) electrons. The van der Waals surface area contributed by atoms with Crippen LogP contribution in [0.3, 0.4) is 0 Å². The summed E-state index contributed by atoms with van der Waals surface area (Å²) in [6, 6.07) is 0. The smallest absolute Gasteiger partial charge is 0.166 e. The molecule has 0 amide bonds. The first-order valence-corrected chi connectivity index (χ1v) is 8.52. The average Bonchev–Trinajstić information content (AvgIpc) is 2.40. The third-order valence-electron chi connectivity index (χ3n) is 2.28. The molecule has 1 aromatic heterocycles. The molecule has 80 valence electrons. The van der Waals surface area contributed by atoms with Crippen molar-refractivity contribution in [2.75, 3.05) is 0 Å². The first-order chi connectivity index (χ1) is 6.85. The van der Waals surface area contributed by atoms with Crippen LogP contribution in [0, 0.1) is 25.3 Å². The molecule has 0 aliphatic carbocycles. The van der Waals surface area contributed by atoms with Gasteiger partial charge in [-0.1, -0.05) is 25.6 Å². The molecule has 0 aliphatic heterocycles. The Bertz CT molecular complexity index is 441. The molecule has 1 heterocycles. The van der Waals surface area contributed by atoms with Gasteiger partial charge in [0.05, 0.1) is 11.4 Å². The van der Waals surface area contributed by atoms with E-state index in [1.54, 1.807) is 0 Å². The van der Waals surface area contributed by atoms with Crippen molar-refractivity contribution in [2.45, 2.75) is 33.5 Å². The third kappa shape index (κ3) is 2.84. The Hall–Kier alpha value is -1.27. The molecule has 1 rings (SSSR count). The van der Waals surface area contributed by atoms with Crippen LogP contribution in [0.4, 0.5) is 0 Å². The number of nitrogens with one attached hydrogen (secondary N) is 1. The zero-order chi connectivity index (χ0) is 11.6. The Labute approximate surface area is 92.1 Å². The number of aromatic amines is 1. The van der Waals surface area contributed by atoms with E-state index in [2.05, 4.69) is 36.1 Å². The fourth-order valence-corrected chi connectivity index (χ4v) is 1.70. The third-order valence-corrected chi connectivity index (χ3v) is 3.16. The Kier molecular flexibility index (Phi) is 3.20. The van der Waals surface area contributed by atoms with E-state index in [1.807, 2.05) is 13.8 Å². The van der Waals surface area contributed by atoms with Crippen LogP contribution in [0.15, 0.2) is 0 Å². The molecule has 3 heteroatoms. The maximum atomic E-state index is 10.7. The van der Waals surface area contributed by atoms with Crippen molar-refractivity contribution >= 4 is 14.4 Å². The number of carbonyl (C=O) groups is 1. The lowest BCUT2D eigenvalue weighted by molar-refractivity contribution is 0.111. The minimum atomic E-state index is -1.35. The summed E-state index contributed by atoms with van der Waals surface area (Å²) in [6.45, 7) is 10.5. The topological polar surface area (TPSA) is 32.9 Å². The molecule has 0 spiro atoms. The molecular weight excluding hydrogens is 202 g/mol. The predicted octanol–water partition coefficient (Wildman–Crippen LogP) is 2.67. The number of carbonyl (C=O) groups excluding carboxylic acids is 1. The Morgan fingerprint density at radius 2 is 1.80 bits per heavy atom. The minimum Gasteiger partial charge on any atom is -0.345 e. The summed E-state index contributed by atoms with van der Waals surface area (Å²) in [7, 11) is -1.35. The van der Waals surface area contributed by atoms with Gasteiger partial charge in [0, 0.05) is 0 Å². The summed E-state index contributed by atoms with van der Waals surface area (Å²) in [6.07, 6.45) is 0.849. The van der Waals surface area contributed by atoms with Crippen LogP contribution in [0.25, 0.3) is 0 Å². The van der Waals surface area contributed by atoms with Crippen molar-refractivity contribution < 1.29 is 4.79 Å². The molecule has 0 unspecified atom stereocenters. The van der Waals surface area contributed by atoms with Gasteiger partial charge in [0.25, 0.3) is 0 Å². The van der Waals surface area contributed by atoms with Crippen LogP contribution in [0.1, 0.15) is 27.3 Å². The standard InChI is InChI=1S/C12H17NOSi/c1-9-10(2)12(8-14)13-11(9)6-7-15(3,4)5/h8,13H,1-5H3.